The molecule has 0 unspecified atom stereocenters. The molecule has 2 aromatic rings. The van der Waals surface area contributed by atoms with Gasteiger partial charge in [0.05, 0.1) is 11.2 Å². The van der Waals surface area contributed by atoms with Gasteiger partial charge in [0.15, 0.2) is 0 Å². The quantitative estimate of drug-likeness (QED) is 0.753. The van der Waals surface area contributed by atoms with Crippen LogP contribution in [0.1, 0.15) is 12.6 Å². The number of rotatable bonds is 2. The fourth-order valence-corrected chi connectivity index (χ4v) is 1.40. The highest BCUT2D eigenvalue weighted by molar-refractivity contribution is 5.87. The SMILES string of the molecule is CC(=O)Cc1[nH]nc2ccccc12. The second-order valence-electron chi connectivity index (χ2n) is 3.10. The Morgan fingerprint density at radius 2 is 2.23 bits per heavy atom. The predicted octanol–water partition coefficient (Wildman–Crippen LogP) is 1.69. The molecule has 0 fully saturated rings. The van der Waals surface area contributed by atoms with Gasteiger partial charge in [-0.25, -0.2) is 0 Å². The maximum Gasteiger partial charge on any atom is 0.135 e. The monoisotopic (exact) mass is 174 g/mol. The maximum atomic E-state index is 10.9. The molecule has 0 amide bonds. The van der Waals surface area contributed by atoms with Crippen LogP contribution in [-0.2, 0) is 11.2 Å². The summed E-state index contributed by atoms with van der Waals surface area (Å²) < 4.78 is 0. The van der Waals surface area contributed by atoms with Crippen molar-refractivity contribution in [1.82, 2.24) is 10.2 Å². The number of hydrogen-bond acceptors (Lipinski definition) is 2. The molecule has 66 valence electrons. The van der Waals surface area contributed by atoms with Gasteiger partial charge in [-0.1, -0.05) is 18.2 Å². The second-order valence-corrected chi connectivity index (χ2v) is 3.10. The van der Waals surface area contributed by atoms with Crippen LogP contribution in [0.4, 0.5) is 0 Å². The third-order valence-electron chi connectivity index (χ3n) is 1.97. The van der Waals surface area contributed by atoms with Gasteiger partial charge in [-0.3, -0.25) is 9.89 Å². The fourth-order valence-electron chi connectivity index (χ4n) is 1.40. The van der Waals surface area contributed by atoms with Crippen LogP contribution >= 0.6 is 0 Å². The number of fused-ring (bicyclic) bond motifs is 1. The van der Waals surface area contributed by atoms with E-state index in [0.717, 1.165) is 16.6 Å². The van der Waals surface area contributed by atoms with Crippen LogP contribution in [0.25, 0.3) is 10.9 Å². The first kappa shape index (κ1) is 7.98. The Kier molecular flexibility index (Phi) is 1.85. The van der Waals surface area contributed by atoms with Crippen molar-refractivity contribution in [2.75, 3.05) is 0 Å². The topological polar surface area (TPSA) is 45.8 Å². The van der Waals surface area contributed by atoms with Gasteiger partial charge in [-0.05, 0) is 13.0 Å². The Hall–Kier alpha value is -1.64. The number of carbonyl (C=O) groups excluding carboxylic acids is 1. The van der Waals surface area contributed by atoms with Crippen molar-refractivity contribution >= 4 is 16.7 Å². The summed E-state index contributed by atoms with van der Waals surface area (Å²) in [4.78, 5) is 10.9. The summed E-state index contributed by atoms with van der Waals surface area (Å²) in [6, 6.07) is 7.77. The van der Waals surface area contributed by atoms with Crippen LogP contribution in [-0.4, -0.2) is 16.0 Å². The Labute approximate surface area is 75.8 Å². The van der Waals surface area contributed by atoms with E-state index in [2.05, 4.69) is 10.2 Å². The van der Waals surface area contributed by atoms with E-state index in [1.54, 1.807) is 6.92 Å². The van der Waals surface area contributed by atoms with Gasteiger partial charge in [0, 0.05) is 11.8 Å². The average molecular weight is 174 g/mol. The molecule has 1 aromatic heterocycles. The van der Waals surface area contributed by atoms with Gasteiger partial charge in [-0.15, -0.1) is 0 Å². The average Bonchev–Trinajstić information content (AvgIpc) is 2.48. The van der Waals surface area contributed by atoms with E-state index in [1.165, 1.54) is 0 Å². The van der Waals surface area contributed by atoms with Gasteiger partial charge >= 0.3 is 0 Å². The molecule has 0 aliphatic heterocycles. The number of H-pyrrole nitrogens is 1. The molecule has 13 heavy (non-hydrogen) atoms. The molecule has 2 rings (SSSR count). The lowest BCUT2D eigenvalue weighted by Crippen LogP contribution is -1.96. The van der Waals surface area contributed by atoms with Crippen LogP contribution < -0.4 is 0 Å². The molecule has 0 bridgehead atoms. The van der Waals surface area contributed by atoms with Gasteiger partial charge in [-0.2, -0.15) is 5.10 Å². The molecular weight excluding hydrogens is 164 g/mol. The van der Waals surface area contributed by atoms with Crippen molar-refractivity contribution in [2.45, 2.75) is 13.3 Å². The number of nitrogens with one attached hydrogen (secondary N) is 1. The highest BCUT2D eigenvalue weighted by Crippen LogP contribution is 2.15. The van der Waals surface area contributed by atoms with Crippen LogP contribution in [0.3, 0.4) is 0 Å². The van der Waals surface area contributed by atoms with Crippen LogP contribution in [0.15, 0.2) is 24.3 Å². The summed E-state index contributed by atoms with van der Waals surface area (Å²) in [5.74, 6) is 0.148. The lowest BCUT2D eigenvalue weighted by atomic mass is 10.1. The maximum absolute atomic E-state index is 10.9. The van der Waals surface area contributed by atoms with Crippen molar-refractivity contribution in [3.05, 3.63) is 30.0 Å². The van der Waals surface area contributed by atoms with E-state index < -0.39 is 0 Å². The minimum absolute atomic E-state index is 0.148. The van der Waals surface area contributed by atoms with E-state index in [1.807, 2.05) is 24.3 Å². The first-order valence-electron chi connectivity index (χ1n) is 4.19. The van der Waals surface area contributed by atoms with Crippen molar-refractivity contribution in [3.63, 3.8) is 0 Å². The Bertz CT molecular complexity index is 445. The molecule has 0 saturated heterocycles. The van der Waals surface area contributed by atoms with Crippen molar-refractivity contribution in [3.8, 4) is 0 Å². The molecule has 0 aliphatic carbocycles. The standard InChI is InChI=1S/C10H10N2O/c1-7(13)6-10-8-4-2-3-5-9(8)11-12-10/h2-5H,6H2,1H3,(H,11,12). The minimum Gasteiger partial charge on any atom is -0.300 e. The summed E-state index contributed by atoms with van der Waals surface area (Å²) in [5.41, 5.74) is 1.82. The molecule has 0 radical (unpaired) electrons. The number of para-hydroxylation sites is 1. The van der Waals surface area contributed by atoms with E-state index in [0.29, 0.717) is 6.42 Å². The third kappa shape index (κ3) is 1.45. The van der Waals surface area contributed by atoms with E-state index >= 15 is 0 Å². The minimum atomic E-state index is 0.148. The zero-order chi connectivity index (χ0) is 9.26. The number of benzene rings is 1. The molecule has 0 aliphatic rings. The zero-order valence-electron chi connectivity index (χ0n) is 7.37. The number of hydrogen-bond donors (Lipinski definition) is 1. The summed E-state index contributed by atoms with van der Waals surface area (Å²) in [6.45, 7) is 1.58. The molecule has 1 heterocycles. The number of aromatic amines is 1. The number of aromatic nitrogens is 2. The number of Topliss-reactive ketones (excluding diaryl/α,β-unsaturated/α-hetero) is 1. The van der Waals surface area contributed by atoms with Crippen molar-refractivity contribution < 1.29 is 4.79 Å². The van der Waals surface area contributed by atoms with Crippen molar-refractivity contribution in [1.29, 1.82) is 0 Å². The molecule has 0 spiro atoms. The van der Waals surface area contributed by atoms with Crippen LogP contribution in [0.5, 0.6) is 0 Å². The molecule has 3 nitrogen and oxygen atoms in total. The lowest BCUT2D eigenvalue weighted by molar-refractivity contribution is -0.116. The second kappa shape index (κ2) is 3.01. The zero-order valence-corrected chi connectivity index (χ0v) is 7.37. The van der Waals surface area contributed by atoms with Gasteiger partial charge in [0.25, 0.3) is 0 Å². The van der Waals surface area contributed by atoms with Crippen LogP contribution in [0, 0.1) is 0 Å². The third-order valence-corrected chi connectivity index (χ3v) is 1.97. The molecule has 1 aromatic carbocycles. The Morgan fingerprint density at radius 1 is 1.46 bits per heavy atom. The van der Waals surface area contributed by atoms with Gasteiger partial charge in [0.1, 0.15) is 5.78 Å². The smallest absolute Gasteiger partial charge is 0.135 e. The molecule has 1 N–H and O–H groups in total. The van der Waals surface area contributed by atoms with E-state index in [-0.39, 0.29) is 5.78 Å². The summed E-state index contributed by atoms with van der Waals surface area (Å²) in [7, 11) is 0. The van der Waals surface area contributed by atoms with Crippen molar-refractivity contribution in [2.24, 2.45) is 0 Å². The Balaban J connectivity index is 2.51. The van der Waals surface area contributed by atoms with E-state index in [9.17, 15) is 4.79 Å². The van der Waals surface area contributed by atoms with Crippen LogP contribution in [0.2, 0.25) is 0 Å². The fraction of sp³-hybridized carbons (Fsp3) is 0.200. The normalized spacial score (nSPS) is 10.5. The number of ketones is 1. The molecule has 3 heteroatoms. The first-order chi connectivity index (χ1) is 6.27. The van der Waals surface area contributed by atoms with E-state index in [4.69, 9.17) is 0 Å². The summed E-state index contributed by atoms with van der Waals surface area (Å²) >= 11 is 0. The first-order valence-corrected chi connectivity index (χ1v) is 4.19. The van der Waals surface area contributed by atoms with Gasteiger partial charge < -0.3 is 0 Å². The van der Waals surface area contributed by atoms with Gasteiger partial charge in [0.2, 0.25) is 0 Å². The highest BCUT2D eigenvalue weighted by atomic mass is 16.1. The highest BCUT2D eigenvalue weighted by Gasteiger charge is 2.05. The number of nitrogens with zero attached hydrogens (tertiary/aromatic N) is 1. The lowest BCUT2D eigenvalue weighted by Gasteiger charge is -1.92. The Morgan fingerprint density at radius 3 is 3.00 bits per heavy atom. The number of carbonyl (C=O) groups is 1. The molecule has 0 atom stereocenters. The predicted molar refractivity (Wildman–Crippen MR) is 50.5 cm³/mol. The summed E-state index contributed by atoms with van der Waals surface area (Å²) in [6.07, 6.45) is 0.431. The summed E-state index contributed by atoms with van der Waals surface area (Å²) in [5, 5.41) is 8.01. The molecule has 0 saturated carbocycles. The largest absolute Gasteiger partial charge is 0.300 e. The molecular formula is C10H10N2O.